The number of nitrogens with one attached hydrogen (secondary N) is 1. The highest BCUT2D eigenvalue weighted by atomic mass is 32.2. The van der Waals surface area contributed by atoms with Crippen LogP contribution in [0.15, 0.2) is 52.0 Å². The van der Waals surface area contributed by atoms with Crippen molar-refractivity contribution in [2.45, 2.75) is 17.5 Å². The number of aliphatic hydroxyl groups excluding tert-OH is 1. The Labute approximate surface area is 114 Å². The molecule has 0 saturated heterocycles. The fraction of sp³-hybridized carbons (Fsp3) is 0.286. The van der Waals surface area contributed by atoms with Crippen LogP contribution in [0.3, 0.4) is 0 Å². The summed E-state index contributed by atoms with van der Waals surface area (Å²) in [6.07, 6.45) is 2.56. The number of rotatable bonds is 6. The molecule has 4 nitrogen and oxygen atoms in total. The zero-order valence-electron chi connectivity index (χ0n) is 10.7. The van der Waals surface area contributed by atoms with E-state index in [9.17, 15) is 9.32 Å². The van der Waals surface area contributed by atoms with E-state index in [1.54, 1.807) is 24.7 Å². The molecule has 1 aromatic heterocycles. The smallest absolute Gasteiger partial charge is 0.133 e. The zero-order valence-corrected chi connectivity index (χ0v) is 11.5. The predicted octanol–water partition coefficient (Wildman–Crippen LogP) is 1.84. The molecular weight excluding hydrogens is 262 g/mol. The molecule has 0 amide bonds. The first kappa shape index (κ1) is 14.0. The molecule has 0 aliphatic rings. The van der Waals surface area contributed by atoms with E-state index in [-0.39, 0.29) is 0 Å². The second-order valence-electron chi connectivity index (χ2n) is 4.26. The van der Waals surface area contributed by atoms with Crippen LogP contribution in [0.5, 0.6) is 0 Å². The van der Waals surface area contributed by atoms with Crippen molar-refractivity contribution in [3.05, 3.63) is 54.0 Å². The molecule has 0 fully saturated rings. The van der Waals surface area contributed by atoms with Crippen molar-refractivity contribution in [1.82, 2.24) is 5.32 Å². The van der Waals surface area contributed by atoms with E-state index < -0.39 is 16.9 Å². The minimum atomic E-state index is -0.943. The van der Waals surface area contributed by atoms with Crippen LogP contribution in [-0.4, -0.2) is 22.1 Å². The van der Waals surface area contributed by atoms with Gasteiger partial charge >= 0.3 is 0 Å². The molecule has 19 heavy (non-hydrogen) atoms. The van der Waals surface area contributed by atoms with Crippen molar-refractivity contribution in [3.8, 4) is 0 Å². The third-order valence-electron chi connectivity index (χ3n) is 2.79. The van der Waals surface area contributed by atoms with Gasteiger partial charge in [-0.2, -0.15) is 0 Å². The maximum Gasteiger partial charge on any atom is 0.133 e. The molecule has 2 atom stereocenters. The number of aliphatic hydroxyl groups is 1. The van der Waals surface area contributed by atoms with Gasteiger partial charge in [-0.1, -0.05) is 12.1 Å². The summed E-state index contributed by atoms with van der Waals surface area (Å²) >= 11 is 0. The van der Waals surface area contributed by atoms with Crippen LogP contribution in [0.4, 0.5) is 0 Å². The van der Waals surface area contributed by atoms with Gasteiger partial charge in [0, 0.05) is 35.0 Å². The Morgan fingerprint density at radius 1 is 1.32 bits per heavy atom. The average molecular weight is 279 g/mol. The topological polar surface area (TPSA) is 62.5 Å². The van der Waals surface area contributed by atoms with E-state index in [1.165, 1.54) is 0 Å². The molecule has 0 saturated carbocycles. The number of hydrogen-bond acceptors (Lipinski definition) is 4. The summed E-state index contributed by atoms with van der Waals surface area (Å²) in [5.74, 6) is 0.559. The van der Waals surface area contributed by atoms with E-state index in [4.69, 9.17) is 4.42 Å². The van der Waals surface area contributed by atoms with Gasteiger partial charge in [0.25, 0.3) is 0 Å². The molecule has 0 radical (unpaired) electrons. The average Bonchev–Trinajstić information content (AvgIpc) is 2.93. The summed E-state index contributed by atoms with van der Waals surface area (Å²) in [5.41, 5.74) is 1.08. The lowest BCUT2D eigenvalue weighted by Gasteiger charge is -2.09. The Balaban J connectivity index is 1.81. The molecule has 0 aliphatic heterocycles. The van der Waals surface area contributed by atoms with E-state index >= 15 is 0 Å². The highest BCUT2D eigenvalue weighted by molar-refractivity contribution is 7.84. The quantitative estimate of drug-likeness (QED) is 0.847. The second-order valence-corrected chi connectivity index (χ2v) is 5.64. The zero-order chi connectivity index (χ0) is 13.7. The Hall–Kier alpha value is -1.43. The van der Waals surface area contributed by atoms with Crippen molar-refractivity contribution < 1.29 is 13.7 Å². The van der Waals surface area contributed by atoms with Crippen molar-refractivity contribution in [1.29, 1.82) is 0 Å². The first-order valence-corrected chi connectivity index (χ1v) is 7.57. The maximum atomic E-state index is 11.2. The predicted molar refractivity (Wildman–Crippen MR) is 74.1 cm³/mol. The molecule has 1 heterocycles. The molecule has 5 heteroatoms. The third-order valence-corrected chi connectivity index (χ3v) is 3.73. The Bertz CT molecular complexity index is 522. The molecular formula is C14H17NO3S. The maximum absolute atomic E-state index is 11.2. The van der Waals surface area contributed by atoms with Crippen LogP contribution in [0.25, 0.3) is 0 Å². The third kappa shape index (κ3) is 4.02. The minimum Gasteiger partial charge on any atom is -0.467 e. The van der Waals surface area contributed by atoms with Crippen molar-refractivity contribution in [2.24, 2.45) is 0 Å². The van der Waals surface area contributed by atoms with E-state index in [0.29, 0.717) is 18.8 Å². The minimum absolute atomic E-state index is 0.426. The Kier molecular flexibility index (Phi) is 4.90. The van der Waals surface area contributed by atoms with Gasteiger partial charge in [0.05, 0.1) is 6.26 Å². The Morgan fingerprint density at radius 2 is 2.05 bits per heavy atom. The van der Waals surface area contributed by atoms with Crippen LogP contribution in [0.2, 0.25) is 0 Å². The summed E-state index contributed by atoms with van der Waals surface area (Å²) in [6.45, 7) is 1.07. The van der Waals surface area contributed by atoms with Gasteiger partial charge in [-0.25, -0.2) is 0 Å². The molecule has 2 rings (SSSR count). The van der Waals surface area contributed by atoms with Crippen LogP contribution in [-0.2, 0) is 17.3 Å². The molecule has 2 unspecified atom stereocenters. The largest absolute Gasteiger partial charge is 0.467 e. The summed E-state index contributed by atoms with van der Waals surface area (Å²) in [5, 5.41) is 13.0. The van der Waals surface area contributed by atoms with Crippen molar-refractivity contribution >= 4 is 10.8 Å². The van der Waals surface area contributed by atoms with E-state index in [2.05, 4.69) is 5.32 Å². The van der Waals surface area contributed by atoms with Gasteiger partial charge in [0.2, 0.25) is 0 Å². The summed E-state index contributed by atoms with van der Waals surface area (Å²) in [6, 6.07) is 11.1. The second kappa shape index (κ2) is 6.65. The van der Waals surface area contributed by atoms with Gasteiger partial charge in [-0.05, 0) is 29.8 Å². The van der Waals surface area contributed by atoms with E-state index in [1.807, 2.05) is 24.3 Å². The van der Waals surface area contributed by atoms with E-state index in [0.717, 1.165) is 10.5 Å². The number of furan rings is 1. The highest BCUT2D eigenvalue weighted by Crippen LogP contribution is 2.12. The van der Waals surface area contributed by atoms with Crippen LogP contribution < -0.4 is 5.32 Å². The van der Waals surface area contributed by atoms with Gasteiger partial charge < -0.3 is 14.8 Å². The fourth-order valence-corrected chi connectivity index (χ4v) is 2.25. The molecule has 2 N–H and O–H groups in total. The SMILES string of the molecule is CS(=O)c1ccc(CNCC(O)c2ccco2)cc1. The molecule has 2 aromatic rings. The lowest BCUT2D eigenvalue weighted by molar-refractivity contribution is 0.147. The van der Waals surface area contributed by atoms with Crippen molar-refractivity contribution in [3.63, 3.8) is 0 Å². The first-order valence-electron chi connectivity index (χ1n) is 6.01. The normalized spacial score (nSPS) is 14.2. The van der Waals surface area contributed by atoms with Crippen LogP contribution >= 0.6 is 0 Å². The van der Waals surface area contributed by atoms with Gasteiger partial charge in [0.15, 0.2) is 0 Å². The lowest BCUT2D eigenvalue weighted by Crippen LogP contribution is -2.20. The molecule has 0 bridgehead atoms. The fourth-order valence-electron chi connectivity index (χ4n) is 1.73. The van der Waals surface area contributed by atoms with Gasteiger partial charge in [-0.15, -0.1) is 0 Å². The van der Waals surface area contributed by atoms with Crippen molar-refractivity contribution in [2.75, 3.05) is 12.8 Å². The molecule has 0 aliphatic carbocycles. The monoisotopic (exact) mass is 279 g/mol. The van der Waals surface area contributed by atoms with Gasteiger partial charge in [-0.3, -0.25) is 4.21 Å². The lowest BCUT2D eigenvalue weighted by atomic mass is 10.2. The number of benzene rings is 1. The first-order chi connectivity index (χ1) is 9.16. The van der Waals surface area contributed by atoms with Gasteiger partial charge in [0.1, 0.15) is 11.9 Å². The molecule has 1 aromatic carbocycles. The van der Waals surface area contributed by atoms with Crippen LogP contribution in [0.1, 0.15) is 17.4 Å². The summed E-state index contributed by atoms with van der Waals surface area (Å²) in [7, 11) is -0.943. The summed E-state index contributed by atoms with van der Waals surface area (Å²) < 4.78 is 16.4. The van der Waals surface area contributed by atoms with Crippen LogP contribution in [0, 0.1) is 0 Å². The summed E-state index contributed by atoms with van der Waals surface area (Å²) in [4.78, 5) is 0.819. The Morgan fingerprint density at radius 3 is 2.63 bits per heavy atom. The number of hydrogen-bond donors (Lipinski definition) is 2. The highest BCUT2D eigenvalue weighted by Gasteiger charge is 2.09. The molecule has 0 spiro atoms. The molecule has 102 valence electrons. The standard InChI is InChI=1S/C14H17NO3S/c1-19(17)12-6-4-11(5-7-12)9-15-10-13(16)14-3-2-8-18-14/h2-8,13,15-16H,9-10H2,1H3.